The van der Waals surface area contributed by atoms with Crippen LogP contribution in [0.15, 0.2) is 42.5 Å². The summed E-state index contributed by atoms with van der Waals surface area (Å²) in [6, 6.07) is 13.2. The van der Waals surface area contributed by atoms with Gasteiger partial charge in [0.25, 0.3) is 0 Å². The Morgan fingerprint density at radius 1 is 1.06 bits per heavy atom. The van der Waals surface area contributed by atoms with Crippen molar-refractivity contribution >= 4 is 27.4 Å². The van der Waals surface area contributed by atoms with Crippen molar-refractivity contribution in [2.24, 2.45) is 0 Å². The van der Waals surface area contributed by atoms with Gasteiger partial charge < -0.3 is 14.2 Å². The number of halogens is 1. The van der Waals surface area contributed by atoms with Crippen LogP contribution in [0, 0.1) is 0 Å². The van der Waals surface area contributed by atoms with E-state index in [2.05, 4.69) is 18.6 Å². The van der Waals surface area contributed by atoms with Crippen molar-refractivity contribution in [3.63, 3.8) is 0 Å². The van der Waals surface area contributed by atoms with Crippen LogP contribution in [0.4, 0.5) is 0 Å². The predicted molar refractivity (Wildman–Crippen MR) is 126 cm³/mol. The monoisotopic (exact) mass is 483 g/mol. The number of sulfonamides is 1. The zero-order chi connectivity index (χ0) is 23.8. The summed E-state index contributed by atoms with van der Waals surface area (Å²) in [6.45, 7) is 4.22. The van der Waals surface area contributed by atoms with Gasteiger partial charge in [-0.3, -0.25) is 4.79 Å². The quantitative estimate of drug-likeness (QED) is 0.346. The molecule has 176 valence electrons. The molecule has 0 radical (unpaired) electrons. The molecule has 0 aliphatic rings. The van der Waals surface area contributed by atoms with Gasteiger partial charge in [-0.15, -0.1) is 11.6 Å². The molecule has 0 saturated carbocycles. The number of carbonyl (C=O) groups excluding carboxylic acids is 1. The van der Waals surface area contributed by atoms with E-state index in [4.69, 9.17) is 25.8 Å². The minimum atomic E-state index is -3.41. The minimum absolute atomic E-state index is 0.218. The first kappa shape index (κ1) is 26.0. The maximum absolute atomic E-state index is 11.8. The molecule has 0 bridgehead atoms. The molecule has 1 N–H and O–H groups in total. The van der Waals surface area contributed by atoms with Crippen LogP contribution in [0.2, 0.25) is 0 Å². The third-order valence-electron chi connectivity index (χ3n) is 4.90. The highest BCUT2D eigenvalue weighted by Gasteiger charge is 2.27. The fourth-order valence-electron chi connectivity index (χ4n) is 3.07. The molecule has 0 heterocycles. The molecule has 9 heteroatoms. The van der Waals surface area contributed by atoms with Crippen LogP contribution in [0.3, 0.4) is 0 Å². The zero-order valence-corrected chi connectivity index (χ0v) is 20.4. The standard InChI is InChI=1S/C23H30ClNO6S/c1-23(2,21-11-10-20(14-22(21)29-3)30-13-5-12-24)17-6-8-19(9-7-17)31-16-18(26)15-25-32(4,27)28/h6-11,14,25H,5,12-13,15-16H2,1-4H3. The molecule has 0 amide bonds. The highest BCUT2D eigenvalue weighted by Crippen LogP contribution is 2.39. The van der Waals surface area contributed by atoms with Gasteiger partial charge in [-0.2, -0.15) is 0 Å². The van der Waals surface area contributed by atoms with E-state index in [1.165, 1.54) is 0 Å². The maximum Gasteiger partial charge on any atom is 0.209 e. The van der Waals surface area contributed by atoms with Gasteiger partial charge in [0, 0.05) is 22.9 Å². The molecular weight excluding hydrogens is 454 g/mol. The molecule has 0 aromatic heterocycles. The molecule has 0 saturated heterocycles. The van der Waals surface area contributed by atoms with Crippen LogP contribution in [0.25, 0.3) is 0 Å². The minimum Gasteiger partial charge on any atom is -0.496 e. The molecule has 0 unspecified atom stereocenters. The van der Waals surface area contributed by atoms with Gasteiger partial charge in [0.1, 0.15) is 23.9 Å². The first-order chi connectivity index (χ1) is 15.1. The smallest absolute Gasteiger partial charge is 0.209 e. The van der Waals surface area contributed by atoms with E-state index >= 15 is 0 Å². The Morgan fingerprint density at radius 3 is 2.31 bits per heavy atom. The third kappa shape index (κ3) is 7.69. The Morgan fingerprint density at radius 2 is 1.72 bits per heavy atom. The fourth-order valence-corrected chi connectivity index (χ4v) is 3.60. The average molecular weight is 484 g/mol. The van der Waals surface area contributed by atoms with Crippen LogP contribution < -0.4 is 18.9 Å². The highest BCUT2D eigenvalue weighted by atomic mass is 35.5. The van der Waals surface area contributed by atoms with Gasteiger partial charge in [0.2, 0.25) is 10.0 Å². The molecule has 2 aromatic rings. The summed E-state index contributed by atoms with van der Waals surface area (Å²) in [4.78, 5) is 11.8. The summed E-state index contributed by atoms with van der Waals surface area (Å²) in [6.07, 6.45) is 1.77. The lowest BCUT2D eigenvalue weighted by molar-refractivity contribution is -0.119. The number of carbonyl (C=O) groups is 1. The third-order valence-corrected chi connectivity index (χ3v) is 5.84. The Bertz CT molecular complexity index is 1010. The summed E-state index contributed by atoms with van der Waals surface area (Å²) in [5.41, 5.74) is 1.66. The lowest BCUT2D eigenvalue weighted by atomic mass is 9.77. The van der Waals surface area contributed by atoms with E-state index < -0.39 is 10.0 Å². The summed E-state index contributed by atoms with van der Waals surface area (Å²) in [5.74, 6) is 2.16. The van der Waals surface area contributed by atoms with Crippen LogP contribution >= 0.6 is 11.6 Å². The van der Waals surface area contributed by atoms with Gasteiger partial charge in [-0.25, -0.2) is 13.1 Å². The second-order valence-corrected chi connectivity index (χ2v) is 10.0. The molecule has 2 rings (SSSR count). The number of Topliss-reactive ketones (excluding diaryl/α,β-unsaturated/α-hetero) is 1. The molecule has 2 aromatic carbocycles. The highest BCUT2D eigenvalue weighted by molar-refractivity contribution is 7.88. The normalized spacial score (nSPS) is 11.8. The number of methoxy groups -OCH3 is 1. The first-order valence-corrected chi connectivity index (χ1v) is 12.6. The number of hydrogen-bond acceptors (Lipinski definition) is 6. The van der Waals surface area contributed by atoms with Crippen molar-refractivity contribution < 1.29 is 27.4 Å². The summed E-state index contributed by atoms with van der Waals surface area (Å²) in [7, 11) is -1.79. The molecule has 0 spiro atoms. The predicted octanol–water partition coefficient (Wildman–Crippen LogP) is 3.53. The summed E-state index contributed by atoms with van der Waals surface area (Å²) in [5, 5.41) is 0. The van der Waals surface area contributed by atoms with Gasteiger partial charge >= 0.3 is 0 Å². The Labute approximate surface area is 195 Å². The van der Waals surface area contributed by atoms with Crippen LogP contribution in [0.5, 0.6) is 17.2 Å². The van der Waals surface area contributed by atoms with E-state index in [1.54, 1.807) is 19.2 Å². The largest absolute Gasteiger partial charge is 0.496 e. The van der Waals surface area contributed by atoms with Crippen molar-refractivity contribution in [2.45, 2.75) is 25.7 Å². The van der Waals surface area contributed by atoms with E-state index in [1.807, 2.05) is 30.3 Å². The number of rotatable bonds is 13. The molecule has 7 nitrogen and oxygen atoms in total. The van der Waals surface area contributed by atoms with Gasteiger partial charge in [0.15, 0.2) is 5.78 Å². The Kier molecular flexibility index (Phi) is 9.36. The number of nitrogens with one attached hydrogen (secondary N) is 1. The average Bonchev–Trinajstić information content (AvgIpc) is 2.76. The van der Waals surface area contributed by atoms with Crippen LogP contribution in [0.1, 0.15) is 31.4 Å². The number of hydrogen-bond donors (Lipinski definition) is 1. The number of ketones is 1. The first-order valence-electron chi connectivity index (χ1n) is 10.1. The molecule has 0 fully saturated rings. The second-order valence-electron chi connectivity index (χ2n) is 7.82. The molecule has 0 aliphatic heterocycles. The van der Waals surface area contributed by atoms with Gasteiger partial charge in [-0.1, -0.05) is 32.0 Å². The number of benzene rings is 2. The van der Waals surface area contributed by atoms with E-state index in [0.717, 1.165) is 35.3 Å². The number of alkyl halides is 1. The number of ether oxygens (including phenoxy) is 3. The molecular formula is C23H30ClNO6S. The Balaban J connectivity index is 2.08. The van der Waals surface area contributed by atoms with Crippen LogP contribution in [-0.2, 0) is 20.2 Å². The van der Waals surface area contributed by atoms with Crippen molar-refractivity contribution in [1.29, 1.82) is 0 Å². The Hall–Kier alpha value is -2.29. The fraction of sp³-hybridized carbons (Fsp3) is 0.435. The van der Waals surface area contributed by atoms with Gasteiger partial charge in [-0.05, 0) is 30.2 Å². The SMILES string of the molecule is COc1cc(OCCCCl)ccc1C(C)(C)c1ccc(OCC(=O)CNS(C)(=O)=O)cc1. The van der Waals surface area contributed by atoms with E-state index in [0.29, 0.717) is 18.2 Å². The maximum atomic E-state index is 11.8. The van der Waals surface area contributed by atoms with Gasteiger partial charge in [0.05, 0.1) is 26.5 Å². The second kappa shape index (κ2) is 11.5. The van der Waals surface area contributed by atoms with Crippen molar-refractivity contribution in [2.75, 3.05) is 39.0 Å². The lowest BCUT2D eigenvalue weighted by Gasteiger charge is -2.28. The van der Waals surface area contributed by atoms with Crippen LogP contribution in [-0.4, -0.2) is 53.2 Å². The van der Waals surface area contributed by atoms with Crippen molar-refractivity contribution in [3.8, 4) is 17.2 Å². The summed E-state index contributed by atoms with van der Waals surface area (Å²) >= 11 is 5.70. The molecule has 0 aliphatic carbocycles. The van der Waals surface area contributed by atoms with E-state index in [-0.39, 0.29) is 24.3 Å². The summed E-state index contributed by atoms with van der Waals surface area (Å²) < 4.78 is 41.1. The topological polar surface area (TPSA) is 90.9 Å². The van der Waals surface area contributed by atoms with Crippen molar-refractivity contribution in [1.82, 2.24) is 4.72 Å². The zero-order valence-electron chi connectivity index (χ0n) is 18.8. The van der Waals surface area contributed by atoms with E-state index in [9.17, 15) is 13.2 Å². The lowest BCUT2D eigenvalue weighted by Crippen LogP contribution is -2.31. The van der Waals surface area contributed by atoms with Crippen molar-refractivity contribution in [3.05, 3.63) is 53.6 Å². The molecule has 32 heavy (non-hydrogen) atoms. The molecule has 0 atom stereocenters.